The summed E-state index contributed by atoms with van der Waals surface area (Å²) < 4.78 is 4.88. The third-order valence-electron chi connectivity index (χ3n) is 3.22. The van der Waals surface area contributed by atoms with Gasteiger partial charge in [-0.1, -0.05) is 5.16 Å². The number of rotatable bonds is 4. The van der Waals surface area contributed by atoms with Gasteiger partial charge in [0.25, 0.3) is 0 Å². The van der Waals surface area contributed by atoms with Crippen LogP contribution in [0.25, 0.3) is 0 Å². The highest BCUT2D eigenvalue weighted by molar-refractivity contribution is 5.75. The van der Waals surface area contributed by atoms with Gasteiger partial charge in [0.05, 0.1) is 12.5 Å². The summed E-state index contributed by atoms with van der Waals surface area (Å²) in [5.41, 5.74) is 0.655. The fraction of sp³-hybridized carbons (Fsp3) is 0.583. The molecule has 1 aromatic heterocycles. The van der Waals surface area contributed by atoms with Crippen LogP contribution in [0.3, 0.4) is 0 Å². The number of carbonyl (C=O) groups is 2. The summed E-state index contributed by atoms with van der Waals surface area (Å²) >= 11 is 0. The molecule has 0 aromatic carbocycles. The molecule has 1 aliphatic carbocycles. The second-order valence-corrected chi connectivity index (χ2v) is 4.80. The summed E-state index contributed by atoms with van der Waals surface area (Å²) in [7, 11) is 0. The van der Waals surface area contributed by atoms with Gasteiger partial charge in [0, 0.05) is 12.1 Å². The molecule has 0 spiro atoms. The van der Waals surface area contributed by atoms with Crippen LogP contribution in [0.15, 0.2) is 10.6 Å². The summed E-state index contributed by atoms with van der Waals surface area (Å²) in [4.78, 5) is 22.4. The summed E-state index contributed by atoms with van der Waals surface area (Å²) in [6.07, 6.45) is 1.81. The van der Waals surface area contributed by atoms with Gasteiger partial charge in [-0.2, -0.15) is 0 Å². The number of nitrogens with zero attached hydrogens (tertiary/aromatic N) is 1. The number of amides is 2. The van der Waals surface area contributed by atoms with E-state index < -0.39 is 5.97 Å². The zero-order chi connectivity index (χ0) is 13.8. The maximum absolute atomic E-state index is 11.6. The summed E-state index contributed by atoms with van der Waals surface area (Å²) in [5.74, 6) is -0.441. The molecule has 104 valence electrons. The number of aliphatic carboxylic acids is 1. The van der Waals surface area contributed by atoms with E-state index in [1.807, 2.05) is 0 Å². The second kappa shape index (κ2) is 5.73. The van der Waals surface area contributed by atoms with Gasteiger partial charge < -0.3 is 20.3 Å². The van der Waals surface area contributed by atoms with Crippen LogP contribution in [0, 0.1) is 12.8 Å². The van der Waals surface area contributed by atoms with E-state index in [4.69, 9.17) is 9.63 Å². The molecular formula is C12H17N3O4. The molecule has 2 rings (SSSR count). The fourth-order valence-electron chi connectivity index (χ4n) is 2.25. The predicted molar refractivity (Wildman–Crippen MR) is 65.4 cm³/mol. The molecule has 7 heteroatoms. The normalized spacial score (nSPS) is 22.2. The Labute approximate surface area is 110 Å². The molecule has 0 unspecified atom stereocenters. The molecule has 1 saturated carbocycles. The van der Waals surface area contributed by atoms with Gasteiger partial charge >= 0.3 is 12.0 Å². The van der Waals surface area contributed by atoms with Crippen molar-refractivity contribution in [2.75, 3.05) is 0 Å². The maximum atomic E-state index is 11.6. The molecule has 19 heavy (non-hydrogen) atoms. The minimum Gasteiger partial charge on any atom is -0.481 e. The average Bonchev–Trinajstić information content (AvgIpc) is 2.96. The molecule has 2 amide bonds. The number of carbonyl (C=O) groups excluding carboxylic acids is 1. The third kappa shape index (κ3) is 3.70. The van der Waals surface area contributed by atoms with E-state index in [9.17, 15) is 9.59 Å². The predicted octanol–water partition coefficient (Wildman–Crippen LogP) is 1.04. The number of carboxylic acid groups (broad SMARTS) is 1. The second-order valence-electron chi connectivity index (χ2n) is 4.80. The van der Waals surface area contributed by atoms with E-state index in [2.05, 4.69) is 15.8 Å². The van der Waals surface area contributed by atoms with Crippen molar-refractivity contribution in [1.82, 2.24) is 15.8 Å². The van der Waals surface area contributed by atoms with Crippen molar-refractivity contribution in [2.45, 2.75) is 38.8 Å². The Morgan fingerprint density at radius 1 is 1.53 bits per heavy atom. The van der Waals surface area contributed by atoms with Crippen LogP contribution in [-0.2, 0) is 11.3 Å². The van der Waals surface area contributed by atoms with Gasteiger partial charge in [-0.3, -0.25) is 4.79 Å². The van der Waals surface area contributed by atoms with Gasteiger partial charge in [-0.25, -0.2) is 4.79 Å². The molecule has 0 radical (unpaired) electrons. The lowest BCUT2D eigenvalue weighted by Gasteiger charge is -2.12. The quantitative estimate of drug-likeness (QED) is 0.756. The Kier molecular flexibility index (Phi) is 4.03. The largest absolute Gasteiger partial charge is 0.481 e. The highest BCUT2D eigenvalue weighted by Gasteiger charge is 2.30. The molecule has 3 N–H and O–H groups in total. The van der Waals surface area contributed by atoms with Gasteiger partial charge in [-0.15, -0.1) is 0 Å². The fourth-order valence-corrected chi connectivity index (χ4v) is 2.25. The van der Waals surface area contributed by atoms with Crippen molar-refractivity contribution in [1.29, 1.82) is 0 Å². The number of nitrogens with one attached hydrogen (secondary N) is 2. The van der Waals surface area contributed by atoms with Crippen molar-refractivity contribution in [3.63, 3.8) is 0 Å². The van der Waals surface area contributed by atoms with Gasteiger partial charge in [0.2, 0.25) is 0 Å². The molecule has 0 bridgehead atoms. The highest BCUT2D eigenvalue weighted by atomic mass is 16.5. The van der Waals surface area contributed by atoms with Crippen LogP contribution in [0.2, 0.25) is 0 Å². The number of aromatic nitrogens is 1. The number of urea groups is 1. The van der Waals surface area contributed by atoms with Crippen LogP contribution in [-0.4, -0.2) is 28.3 Å². The Morgan fingerprint density at radius 2 is 2.32 bits per heavy atom. The van der Waals surface area contributed by atoms with E-state index in [0.717, 1.165) is 0 Å². The lowest BCUT2D eigenvalue weighted by molar-refractivity contribution is -0.141. The maximum Gasteiger partial charge on any atom is 0.315 e. The highest BCUT2D eigenvalue weighted by Crippen LogP contribution is 2.25. The zero-order valence-electron chi connectivity index (χ0n) is 10.7. The van der Waals surface area contributed by atoms with Crippen molar-refractivity contribution < 1.29 is 19.2 Å². The molecule has 1 aromatic rings. The number of hydrogen-bond acceptors (Lipinski definition) is 4. The van der Waals surface area contributed by atoms with Crippen LogP contribution in [0.5, 0.6) is 0 Å². The Bertz CT molecular complexity index is 471. The van der Waals surface area contributed by atoms with Crippen LogP contribution < -0.4 is 10.6 Å². The molecule has 1 fully saturated rings. The monoisotopic (exact) mass is 267 g/mol. The lowest BCUT2D eigenvalue weighted by Crippen LogP contribution is -2.40. The first kappa shape index (κ1) is 13.4. The summed E-state index contributed by atoms with van der Waals surface area (Å²) in [6.45, 7) is 2.07. The summed E-state index contributed by atoms with van der Waals surface area (Å²) in [6, 6.07) is 1.37. The van der Waals surface area contributed by atoms with Crippen molar-refractivity contribution in [2.24, 2.45) is 5.92 Å². The average molecular weight is 267 g/mol. The smallest absolute Gasteiger partial charge is 0.315 e. The molecular weight excluding hydrogens is 250 g/mol. The topological polar surface area (TPSA) is 104 Å². The molecule has 1 aliphatic rings. The minimum absolute atomic E-state index is 0.0693. The van der Waals surface area contributed by atoms with Crippen LogP contribution >= 0.6 is 0 Å². The SMILES string of the molecule is Cc1cc(CNC(=O)N[C@H]2CC[C@@H](C(=O)O)C2)no1. The van der Waals surface area contributed by atoms with Crippen molar-refractivity contribution >= 4 is 12.0 Å². The zero-order valence-corrected chi connectivity index (χ0v) is 10.7. The molecule has 7 nitrogen and oxygen atoms in total. The van der Waals surface area contributed by atoms with E-state index in [1.165, 1.54) is 0 Å². The van der Waals surface area contributed by atoms with Gasteiger partial charge in [-0.05, 0) is 26.2 Å². The van der Waals surface area contributed by atoms with Crippen molar-refractivity contribution in [3.05, 3.63) is 17.5 Å². The van der Waals surface area contributed by atoms with Crippen molar-refractivity contribution in [3.8, 4) is 0 Å². The first-order valence-corrected chi connectivity index (χ1v) is 6.24. The first-order valence-electron chi connectivity index (χ1n) is 6.24. The first-order chi connectivity index (χ1) is 9.04. The number of hydrogen-bond donors (Lipinski definition) is 3. The molecule has 0 saturated heterocycles. The molecule has 1 heterocycles. The Hall–Kier alpha value is -2.05. The van der Waals surface area contributed by atoms with Gasteiger partial charge in [0.15, 0.2) is 0 Å². The number of aryl methyl sites for hydroxylation is 1. The van der Waals surface area contributed by atoms with Gasteiger partial charge in [0.1, 0.15) is 11.5 Å². The van der Waals surface area contributed by atoms with E-state index >= 15 is 0 Å². The Balaban J connectivity index is 1.72. The number of carboxylic acids is 1. The molecule has 0 aliphatic heterocycles. The minimum atomic E-state index is -0.789. The Morgan fingerprint density at radius 3 is 2.89 bits per heavy atom. The summed E-state index contributed by atoms with van der Waals surface area (Å²) in [5, 5.41) is 18.1. The standard InChI is InChI=1S/C12H17N3O4/c1-7-4-10(15-19-7)6-13-12(18)14-9-3-2-8(5-9)11(16)17/h4,8-9H,2-3,5-6H2,1H3,(H,16,17)(H2,13,14,18)/t8-,9+/m1/s1. The van der Waals surface area contributed by atoms with E-state index in [-0.39, 0.29) is 24.5 Å². The lowest BCUT2D eigenvalue weighted by atomic mass is 10.1. The van der Waals surface area contributed by atoms with E-state index in [0.29, 0.717) is 30.7 Å². The van der Waals surface area contributed by atoms with Crippen LogP contribution in [0.1, 0.15) is 30.7 Å². The molecule has 2 atom stereocenters. The third-order valence-corrected chi connectivity index (χ3v) is 3.22. The van der Waals surface area contributed by atoms with E-state index in [1.54, 1.807) is 13.0 Å². The van der Waals surface area contributed by atoms with Crippen LogP contribution in [0.4, 0.5) is 4.79 Å².